The fourth-order valence-corrected chi connectivity index (χ4v) is 1.41. The fourth-order valence-electron chi connectivity index (χ4n) is 1.29. The molecule has 5 heteroatoms. The normalized spacial score (nSPS) is 10.6. The first-order valence-electron chi connectivity index (χ1n) is 4.58. The zero-order valence-corrected chi connectivity index (χ0v) is 9.07. The molecule has 0 fully saturated rings. The molecule has 0 saturated heterocycles. The fraction of sp³-hybridized carbons (Fsp3) is 0.200. The number of nitrogens with two attached hydrogens (primary N) is 1. The first-order chi connectivity index (χ1) is 7.20. The Balaban J connectivity index is 2.40. The van der Waals surface area contributed by atoms with Crippen LogP contribution in [0, 0.1) is 6.92 Å². The molecule has 78 valence electrons. The Kier molecular flexibility index (Phi) is 2.70. The Labute approximate surface area is 92.7 Å². The minimum absolute atomic E-state index is 0.395. The molecular formula is C10H11ClN4. The predicted molar refractivity (Wildman–Crippen MR) is 59.0 cm³/mol. The van der Waals surface area contributed by atoms with Crippen LogP contribution in [-0.4, -0.2) is 15.0 Å². The van der Waals surface area contributed by atoms with Crippen molar-refractivity contribution in [3.63, 3.8) is 0 Å². The molecule has 2 N–H and O–H groups in total. The molecule has 1 aromatic heterocycles. The molecule has 0 unspecified atom stereocenters. The highest BCUT2D eigenvalue weighted by Crippen LogP contribution is 2.18. The van der Waals surface area contributed by atoms with E-state index in [0.717, 1.165) is 22.0 Å². The minimum Gasteiger partial charge on any atom is -0.325 e. The van der Waals surface area contributed by atoms with Gasteiger partial charge in [-0.25, -0.2) is 4.68 Å². The summed E-state index contributed by atoms with van der Waals surface area (Å²) in [5, 5.41) is 8.64. The van der Waals surface area contributed by atoms with E-state index in [1.807, 2.05) is 31.3 Å². The monoisotopic (exact) mass is 222 g/mol. The standard InChI is InChI=1S/C10H11ClN4/c1-7-4-9(2-3-10(7)11)15-6-8(5-12)13-14-15/h2-4,6H,5,12H2,1H3. The van der Waals surface area contributed by atoms with Gasteiger partial charge in [0.1, 0.15) is 0 Å². The highest BCUT2D eigenvalue weighted by Gasteiger charge is 2.02. The van der Waals surface area contributed by atoms with Gasteiger partial charge in [-0.3, -0.25) is 0 Å². The Morgan fingerprint density at radius 1 is 1.47 bits per heavy atom. The summed E-state index contributed by atoms with van der Waals surface area (Å²) in [5.74, 6) is 0. The predicted octanol–water partition coefficient (Wildman–Crippen LogP) is 1.69. The minimum atomic E-state index is 0.395. The molecule has 1 aromatic carbocycles. The lowest BCUT2D eigenvalue weighted by molar-refractivity contribution is 0.796. The van der Waals surface area contributed by atoms with Crippen LogP contribution in [0.2, 0.25) is 5.02 Å². The molecule has 0 amide bonds. The van der Waals surface area contributed by atoms with Gasteiger partial charge < -0.3 is 5.73 Å². The summed E-state index contributed by atoms with van der Waals surface area (Å²) in [6, 6.07) is 5.69. The Bertz CT molecular complexity index is 478. The van der Waals surface area contributed by atoms with E-state index in [4.69, 9.17) is 17.3 Å². The first kappa shape index (κ1) is 10.1. The molecule has 2 rings (SSSR count). The van der Waals surface area contributed by atoms with E-state index in [1.165, 1.54) is 0 Å². The number of aromatic nitrogens is 3. The van der Waals surface area contributed by atoms with Gasteiger partial charge in [0.15, 0.2) is 0 Å². The van der Waals surface area contributed by atoms with Gasteiger partial charge in [0.25, 0.3) is 0 Å². The third kappa shape index (κ3) is 2.00. The van der Waals surface area contributed by atoms with Crippen molar-refractivity contribution < 1.29 is 0 Å². The molecule has 0 spiro atoms. The highest BCUT2D eigenvalue weighted by molar-refractivity contribution is 6.31. The Hall–Kier alpha value is -1.39. The smallest absolute Gasteiger partial charge is 0.0967 e. The molecule has 0 aliphatic heterocycles. The van der Waals surface area contributed by atoms with Crippen molar-refractivity contribution in [1.29, 1.82) is 0 Å². The summed E-state index contributed by atoms with van der Waals surface area (Å²) in [7, 11) is 0. The molecule has 4 nitrogen and oxygen atoms in total. The average Bonchev–Trinajstić information content (AvgIpc) is 2.70. The average molecular weight is 223 g/mol. The topological polar surface area (TPSA) is 56.7 Å². The molecule has 0 bridgehead atoms. The van der Waals surface area contributed by atoms with E-state index >= 15 is 0 Å². The molecule has 0 aliphatic carbocycles. The molecule has 0 radical (unpaired) electrons. The number of aryl methyl sites for hydroxylation is 1. The van der Waals surface area contributed by atoms with Gasteiger partial charge in [-0.2, -0.15) is 0 Å². The van der Waals surface area contributed by atoms with Crippen LogP contribution in [0.4, 0.5) is 0 Å². The maximum absolute atomic E-state index is 5.94. The number of hydrogen-bond acceptors (Lipinski definition) is 3. The SMILES string of the molecule is Cc1cc(-n2cc(CN)nn2)ccc1Cl. The van der Waals surface area contributed by atoms with Gasteiger partial charge in [0.2, 0.25) is 0 Å². The highest BCUT2D eigenvalue weighted by atomic mass is 35.5. The van der Waals surface area contributed by atoms with Crippen LogP contribution in [0.15, 0.2) is 24.4 Å². The third-order valence-electron chi connectivity index (χ3n) is 2.16. The van der Waals surface area contributed by atoms with E-state index < -0.39 is 0 Å². The number of nitrogens with zero attached hydrogens (tertiary/aromatic N) is 3. The number of halogens is 1. The van der Waals surface area contributed by atoms with Gasteiger partial charge in [-0.15, -0.1) is 5.10 Å². The van der Waals surface area contributed by atoms with E-state index in [9.17, 15) is 0 Å². The van der Waals surface area contributed by atoms with Crippen molar-refractivity contribution >= 4 is 11.6 Å². The van der Waals surface area contributed by atoms with Crippen LogP contribution in [0.5, 0.6) is 0 Å². The summed E-state index contributed by atoms with van der Waals surface area (Å²) in [4.78, 5) is 0. The first-order valence-corrected chi connectivity index (χ1v) is 4.96. The lowest BCUT2D eigenvalue weighted by Crippen LogP contribution is -1.96. The van der Waals surface area contributed by atoms with Crippen LogP contribution in [0.1, 0.15) is 11.3 Å². The zero-order valence-electron chi connectivity index (χ0n) is 8.31. The molecule has 0 aliphatic rings. The second-order valence-corrected chi connectivity index (χ2v) is 3.70. The van der Waals surface area contributed by atoms with E-state index in [-0.39, 0.29) is 0 Å². The van der Waals surface area contributed by atoms with E-state index in [0.29, 0.717) is 6.54 Å². The number of rotatable bonds is 2. The van der Waals surface area contributed by atoms with Gasteiger partial charge >= 0.3 is 0 Å². The Morgan fingerprint density at radius 2 is 2.27 bits per heavy atom. The summed E-state index contributed by atoms with van der Waals surface area (Å²) in [6.45, 7) is 2.35. The lowest BCUT2D eigenvalue weighted by Gasteiger charge is -2.02. The van der Waals surface area contributed by atoms with Crippen molar-refractivity contribution in [2.75, 3.05) is 0 Å². The third-order valence-corrected chi connectivity index (χ3v) is 2.58. The van der Waals surface area contributed by atoms with Crippen molar-refractivity contribution in [3.05, 3.63) is 40.7 Å². The maximum Gasteiger partial charge on any atom is 0.0967 e. The molecule has 2 aromatic rings. The molecule has 1 heterocycles. The summed E-state index contributed by atoms with van der Waals surface area (Å²) >= 11 is 5.94. The van der Waals surface area contributed by atoms with Crippen molar-refractivity contribution in [1.82, 2.24) is 15.0 Å². The van der Waals surface area contributed by atoms with E-state index in [1.54, 1.807) is 4.68 Å². The summed E-state index contributed by atoms with van der Waals surface area (Å²) in [6.07, 6.45) is 1.81. The van der Waals surface area contributed by atoms with Crippen LogP contribution < -0.4 is 5.73 Å². The van der Waals surface area contributed by atoms with Crippen LogP contribution >= 0.6 is 11.6 Å². The quantitative estimate of drug-likeness (QED) is 0.841. The summed E-state index contributed by atoms with van der Waals surface area (Å²) in [5.41, 5.74) is 8.17. The van der Waals surface area contributed by atoms with Crippen LogP contribution in [0.3, 0.4) is 0 Å². The molecule has 0 saturated carbocycles. The molecule has 0 atom stereocenters. The summed E-state index contributed by atoms with van der Waals surface area (Å²) < 4.78 is 1.69. The number of benzene rings is 1. The van der Waals surface area contributed by atoms with Crippen molar-refractivity contribution in [3.8, 4) is 5.69 Å². The second kappa shape index (κ2) is 4.00. The molecular weight excluding hydrogens is 212 g/mol. The van der Waals surface area contributed by atoms with Crippen LogP contribution in [-0.2, 0) is 6.54 Å². The number of hydrogen-bond donors (Lipinski definition) is 1. The van der Waals surface area contributed by atoms with Crippen molar-refractivity contribution in [2.24, 2.45) is 5.73 Å². The van der Waals surface area contributed by atoms with Gasteiger partial charge in [0, 0.05) is 11.6 Å². The zero-order chi connectivity index (χ0) is 10.8. The van der Waals surface area contributed by atoms with Crippen molar-refractivity contribution in [2.45, 2.75) is 13.5 Å². The molecule has 15 heavy (non-hydrogen) atoms. The van der Waals surface area contributed by atoms with E-state index in [2.05, 4.69) is 10.3 Å². The Morgan fingerprint density at radius 3 is 2.87 bits per heavy atom. The van der Waals surface area contributed by atoms with Crippen LogP contribution in [0.25, 0.3) is 5.69 Å². The maximum atomic E-state index is 5.94. The van der Waals surface area contributed by atoms with Gasteiger partial charge in [-0.05, 0) is 30.7 Å². The second-order valence-electron chi connectivity index (χ2n) is 3.29. The van der Waals surface area contributed by atoms with Gasteiger partial charge in [-0.1, -0.05) is 16.8 Å². The largest absolute Gasteiger partial charge is 0.325 e. The lowest BCUT2D eigenvalue weighted by atomic mass is 10.2. The van der Waals surface area contributed by atoms with Gasteiger partial charge in [0.05, 0.1) is 17.6 Å².